The number of rotatable bonds is 3. The highest BCUT2D eigenvalue weighted by Crippen LogP contribution is 2.36. The molecule has 1 atom stereocenters. The van der Waals surface area contributed by atoms with E-state index in [1.165, 1.54) is 0 Å². The monoisotopic (exact) mass is 249 g/mol. The summed E-state index contributed by atoms with van der Waals surface area (Å²) in [4.78, 5) is 23.5. The summed E-state index contributed by atoms with van der Waals surface area (Å²) >= 11 is 1.57. The number of fused-ring (bicyclic) bond motifs is 1. The summed E-state index contributed by atoms with van der Waals surface area (Å²) in [6.07, 6.45) is 1.34. The third-order valence-electron chi connectivity index (χ3n) is 2.74. The summed E-state index contributed by atoms with van der Waals surface area (Å²) in [5.74, 6) is 0.260. The van der Waals surface area contributed by atoms with Crippen LogP contribution in [0.2, 0.25) is 0 Å². The van der Waals surface area contributed by atoms with E-state index in [2.05, 4.69) is 11.4 Å². The lowest BCUT2D eigenvalue weighted by molar-refractivity contribution is -0.117. The molecule has 3 nitrogen and oxygen atoms in total. The molecule has 1 aromatic carbocycles. The molecule has 17 heavy (non-hydrogen) atoms. The molecule has 1 aromatic rings. The Labute approximate surface area is 105 Å². The Kier molecular flexibility index (Phi) is 3.52. The van der Waals surface area contributed by atoms with Gasteiger partial charge in [-0.15, -0.1) is 11.8 Å². The highest BCUT2D eigenvalue weighted by atomic mass is 32.2. The number of amides is 1. The van der Waals surface area contributed by atoms with E-state index >= 15 is 0 Å². The van der Waals surface area contributed by atoms with Crippen LogP contribution in [0.5, 0.6) is 0 Å². The van der Waals surface area contributed by atoms with Crippen LogP contribution in [-0.4, -0.2) is 16.9 Å². The van der Waals surface area contributed by atoms with Crippen LogP contribution < -0.4 is 5.32 Å². The second-order valence-electron chi connectivity index (χ2n) is 4.28. The van der Waals surface area contributed by atoms with Gasteiger partial charge in [0.2, 0.25) is 5.91 Å². The predicted octanol–water partition coefficient (Wildman–Crippen LogP) is 2.64. The number of hydrogen-bond donors (Lipinski definition) is 1. The summed E-state index contributed by atoms with van der Waals surface area (Å²) in [5.41, 5.74) is 2.03. The molecule has 0 saturated carbocycles. The van der Waals surface area contributed by atoms with Gasteiger partial charge in [0.15, 0.2) is 0 Å². The Hall–Kier alpha value is -1.29. The first kappa shape index (κ1) is 12.2. The Morgan fingerprint density at radius 1 is 1.47 bits per heavy atom. The van der Waals surface area contributed by atoms with Gasteiger partial charge >= 0.3 is 0 Å². The van der Waals surface area contributed by atoms with Gasteiger partial charge < -0.3 is 10.1 Å². The van der Waals surface area contributed by atoms with Crippen LogP contribution in [-0.2, 0) is 16.0 Å². The number of carbonyl (C=O) groups is 2. The maximum Gasteiger partial charge on any atom is 0.237 e. The SMILES string of the molecule is CC(=O)CCc1ccc2c(c1)SC(C)C(=O)N2. The van der Waals surface area contributed by atoms with Crippen LogP contribution in [0.3, 0.4) is 0 Å². The molecule has 0 radical (unpaired) electrons. The standard InChI is InChI=1S/C13H15NO2S/c1-8(15)3-4-10-5-6-11-12(7-10)17-9(2)13(16)14-11/h5-7,9H,3-4H2,1-2H3,(H,14,16). The van der Waals surface area contributed by atoms with Crippen LogP contribution in [0.4, 0.5) is 5.69 Å². The van der Waals surface area contributed by atoms with E-state index in [0.29, 0.717) is 6.42 Å². The Morgan fingerprint density at radius 2 is 2.24 bits per heavy atom. The van der Waals surface area contributed by atoms with E-state index in [0.717, 1.165) is 22.6 Å². The van der Waals surface area contributed by atoms with Gasteiger partial charge in [-0.3, -0.25) is 4.79 Å². The number of ketones is 1. The van der Waals surface area contributed by atoms with Crippen LogP contribution >= 0.6 is 11.8 Å². The van der Waals surface area contributed by atoms with E-state index in [1.54, 1.807) is 18.7 Å². The highest BCUT2D eigenvalue weighted by molar-refractivity contribution is 8.00. The summed E-state index contributed by atoms with van der Waals surface area (Å²) in [5, 5.41) is 2.82. The molecule has 0 bridgehead atoms. The Morgan fingerprint density at radius 3 is 2.94 bits per heavy atom. The molecule has 2 rings (SSSR count). The highest BCUT2D eigenvalue weighted by Gasteiger charge is 2.22. The van der Waals surface area contributed by atoms with Crippen LogP contribution in [0.25, 0.3) is 0 Å². The molecule has 0 aliphatic carbocycles. The molecule has 1 N–H and O–H groups in total. The fourth-order valence-corrected chi connectivity index (χ4v) is 2.73. The minimum Gasteiger partial charge on any atom is -0.324 e. The van der Waals surface area contributed by atoms with Gasteiger partial charge in [-0.1, -0.05) is 6.07 Å². The number of benzene rings is 1. The zero-order valence-corrected chi connectivity index (χ0v) is 10.8. The molecule has 0 saturated heterocycles. The fraction of sp³-hybridized carbons (Fsp3) is 0.385. The first-order valence-corrected chi connectivity index (χ1v) is 6.54. The van der Waals surface area contributed by atoms with E-state index in [4.69, 9.17) is 0 Å². The average Bonchev–Trinajstić information content (AvgIpc) is 2.28. The quantitative estimate of drug-likeness (QED) is 0.895. The molecule has 1 amide bonds. The molecule has 1 heterocycles. The molecule has 0 spiro atoms. The van der Waals surface area contributed by atoms with Gasteiger partial charge in [0, 0.05) is 11.3 Å². The van der Waals surface area contributed by atoms with Gasteiger partial charge in [0.1, 0.15) is 5.78 Å². The third-order valence-corrected chi connectivity index (χ3v) is 3.90. The van der Waals surface area contributed by atoms with E-state index < -0.39 is 0 Å². The largest absolute Gasteiger partial charge is 0.324 e. The molecular weight excluding hydrogens is 234 g/mol. The smallest absolute Gasteiger partial charge is 0.237 e. The topological polar surface area (TPSA) is 46.2 Å². The van der Waals surface area contributed by atoms with Gasteiger partial charge in [0.05, 0.1) is 10.9 Å². The van der Waals surface area contributed by atoms with E-state index in [1.807, 2.05) is 19.1 Å². The molecule has 1 aliphatic rings. The second kappa shape index (κ2) is 4.92. The number of hydrogen-bond acceptors (Lipinski definition) is 3. The lowest BCUT2D eigenvalue weighted by Crippen LogP contribution is -2.26. The van der Waals surface area contributed by atoms with Crippen molar-refractivity contribution in [2.45, 2.75) is 36.8 Å². The maximum absolute atomic E-state index is 11.5. The first-order valence-electron chi connectivity index (χ1n) is 5.66. The number of thioether (sulfide) groups is 1. The van der Waals surface area contributed by atoms with Crippen molar-refractivity contribution in [3.63, 3.8) is 0 Å². The lowest BCUT2D eigenvalue weighted by atomic mass is 10.1. The lowest BCUT2D eigenvalue weighted by Gasteiger charge is -2.21. The normalized spacial score (nSPS) is 18.5. The maximum atomic E-state index is 11.5. The Balaban J connectivity index is 2.17. The first-order chi connectivity index (χ1) is 8.06. The molecular formula is C13H15NO2S. The zero-order valence-electron chi connectivity index (χ0n) is 9.95. The zero-order chi connectivity index (χ0) is 12.4. The van der Waals surface area contributed by atoms with E-state index in [-0.39, 0.29) is 16.9 Å². The van der Waals surface area contributed by atoms with Crippen LogP contribution in [0, 0.1) is 0 Å². The Bertz CT molecular complexity index is 470. The average molecular weight is 249 g/mol. The molecule has 0 aromatic heterocycles. The van der Waals surface area contributed by atoms with Crippen molar-refractivity contribution in [3.05, 3.63) is 23.8 Å². The van der Waals surface area contributed by atoms with Crippen LogP contribution in [0.1, 0.15) is 25.8 Å². The molecule has 90 valence electrons. The molecule has 1 unspecified atom stereocenters. The summed E-state index contributed by atoms with van der Waals surface area (Å²) in [6.45, 7) is 3.50. The second-order valence-corrected chi connectivity index (χ2v) is 5.66. The van der Waals surface area contributed by atoms with Crippen molar-refractivity contribution in [2.24, 2.45) is 0 Å². The number of nitrogens with one attached hydrogen (secondary N) is 1. The van der Waals surface area contributed by atoms with Gasteiger partial charge in [0.25, 0.3) is 0 Å². The van der Waals surface area contributed by atoms with Crippen molar-refractivity contribution < 1.29 is 9.59 Å². The van der Waals surface area contributed by atoms with Gasteiger partial charge in [-0.25, -0.2) is 0 Å². The van der Waals surface area contributed by atoms with Crippen LogP contribution in [0.15, 0.2) is 23.1 Å². The summed E-state index contributed by atoms with van der Waals surface area (Å²) in [6, 6.07) is 5.96. The number of anilines is 1. The minimum atomic E-state index is -0.0504. The molecule has 1 aliphatic heterocycles. The van der Waals surface area contributed by atoms with Crippen molar-refractivity contribution >= 4 is 29.1 Å². The van der Waals surface area contributed by atoms with Crippen molar-refractivity contribution in [1.29, 1.82) is 0 Å². The molecule has 0 fully saturated rings. The predicted molar refractivity (Wildman–Crippen MR) is 69.4 cm³/mol. The number of aryl methyl sites for hydroxylation is 1. The van der Waals surface area contributed by atoms with Gasteiger partial charge in [-0.2, -0.15) is 0 Å². The fourth-order valence-electron chi connectivity index (χ4n) is 1.72. The van der Waals surface area contributed by atoms with E-state index in [9.17, 15) is 9.59 Å². The number of carbonyl (C=O) groups excluding carboxylic acids is 2. The molecule has 4 heteroatoms. The number of Topliss-reactive ketones (excluding diaryl/α,β-unsaturated/α-hetero) is 1. The summed E-state index contributed by atoms with van der Waals surface area (Å²) < 4.78 is 0. The third kappa shape index (κ3) is 2.88. The van der Waals surface area contributed by atoms with Crippen molar-refractivity contribution in [1.82, 2.24) is 0 Å². The van der Waals surface area contributed by atoms with Crippen molar-refractivity contribution in [2.75, 3.05) is 5.32 Å². The minimum absolute atomic E-state index is 0.0504. The summed E-state index contributed by atoms with van der Waals surface area (Å²) in [7, 11) is 0. The van der Waals surface area contributed by atoms with Crippen molar-refractivity contribution in [3.8, 4) is 0 Å². The van der Waals surface area contributed by atoms with Gasteiger partial charge in [-0.05, 0) is 38.0 Å².